The molecule has 5 rings (SSSR count). The number of aromatic nitrogens is 1. The Labute approximate surface area is 188 Å². The molecule has 2 aromatic rings. The summed E-state index contributed by atoms with van der Waals surface area (Å²) in [6.07, 6.45) is 5.61. The lowest BCUT2D eigenvalue weighted by Gasteiger charge is -2.46. The van der Waals surface area contributed by atoms with E-state index in [1.807, 2.05) is 23.1 Å². The summed E-state index contributed by atoms with van der Waals surface area (Å²) in [6, 6.07) is 12.4. The van der Waals surface area contributed by atoms with Gasteiger partial charge < -0.3 is 9.80 Å². The van der Waals surface area contributed by atoms with Crippen molar-refractivity contribution < 1.29 is 14.0 Å². The molecular formula is C26H30FN3O2. The lowest BCUT2D eigenvalue weighted by molar-refractivity contribution is -0.132. The first kappa shape index (κ1) is 21.1. The number of nitrogens with zero attached hydrogens (tertiary/aromatic N) is 3. The quantitative estimate of drug-likeness (QED) is 0.726. The Morgan fingerprint density at radius 2 is 1.88 bits per heavy atom. The van der Waals surface area contributed by atoms with Crippen molar-refractivity contribution in [2.24, 2.45) is 5.41 Å². The lowest BCUT2D eigenvalue weighted by atomic mass is 9.71. The highest BCUT2D eigenvalue weighted by molar-refractivity contribution is 5.93. The molecule has 0 spiro atoms. The van der Waals surface area contributed by atoms with Gasteiger partial charge in [-0.1, -0.05) is 38.0 Å². The standard InChI is InChI=1S/C26H30FN3O2/c1-17(31)30-21-15-26(2)23(11-3-4-12-24(26)30)29(16-21)25(32)22-10-6-9-20(28-22)14-18-7-5-8-19(27)13-18/h5-10,13,21,23-24H,3-4,11-12,14-16H2,1-2H3/t21-,23+,24-,26+/m0/s1. The molecule has 3 aliphatic rings. The van der Waals surface area contributed by atoms with Crippen molar-refractivity contribution >= 4 is 11.8 Å². The molecule has 168 valence electrons. The van der Waals surface area contributed by atoms with E-state index in [0.29, 0.717) is 18.7 Å². The Kier molecular flexibility index (Phi) is 5.26. The molecule has 0 radical (unpaired) electrons. The van der Waals surface area contributed by atoms with Gasteiger partial charge in [0.05, 0.1) is 6.04 Å². The lowest BCUT2D eigenvalue weighted by Crippen LogP contribution is -2.55. The molecule has 2 saturated heterocycles. The fourth-order valence-electron chi connectivity index (χ4n) is 6.57. The first-order valence-electron chi connectivity index (χ1n) is 11.7. The number of piperidine rings is 1. The van der Waals surface area contributed by atoms with Crippen LogP contribution >= 0.6 is 0 Å². The number of likely N-dealkylation sites (tertiary alicyclic amines) is 2. The summed E-state index contributed by atoms with van der Waals surface area (Å²) in [5.74, 6) is -0.211. The molecule has 3 heterocycles. The number of amides is 2. The molecule has 1 aromatic carbocycles. The van der Waals surface area contributed by atoms with Crippen molar-refractivity contribution in [1.29, 1.82) is 0 Å². The van der Waals surface area contributed by atoms with Crippen LogP contribution in [0.3, 0.4) is 0 Å². The van der Waals surface area contributed by atoms with Crippen molar-refractivity contribution in [2.75, 3.05) is 6.54 Å². The van der Waals surface area contributed by atoms with E-state index in [1.165, 1.54) is 12.1 Å². The molecule has 1 saturated carbocycles. The molecule has 5 nitrogen and oxygen atoms in total. The van der Waals surface area contributed by atoms with E-state index in [1.54, 1.807) is 19.1 Å². The second-order valence-corrected chi connectivity index (χ2v) is 9.88. The van der Waals surface area contributed by atoms with Gasteiger partial charge in [-0.3, -0.25) is 9.59 Å². The summed E-state index contributed by atoms with van der Waals surface area (Å²) in [7, 11) is 0. The van der Waals surface area contributed by atoms with Crippen molar-refractivity contribution in [3.63, 3.8) is 0 Å². The van der Waals surface area contributed by atoms with Gasteiger partial charge >= 0.3 is 0 Å². The van der Waals surface area contributed by atoms with Gasteiger partial charge in [-0.25, -0.2) is 9.37 Å². The minimum Gasteiger partial charge on any atom is -0.335 e. The van der Waals surface area contributed by atoms with E-state index >= 15 is 0 Å². The highest BCUT2D eigenvalue weighted by atomic mass is 19.1. The highest BCUT2D eigenvalue weighted by Crippen LogP contribution is 2.53. The Morgan fingerprint density at radius 1 is 1.12 bits per heavy atom. The van der Waals surface area contributed by atoms with Gasteiger partial charge in [0.1, 0.15) is 11.5 Å². The average molecular weight is 436 g/mol. The van der Waals surface area contributed by atoms with E-state index in [2.05, 4.69) is 16.8 Å². The monoisotopic (exact) mass is 435 g/mol. The molecule has 2 aliphatic heterocycles. The number of fused-ring (bicyclic) bond motifs is 1. The molecule has 32 heavy (non-hydrogen) atoms. The first-order chi connectivity index (χ1) is 15.4. The van der Waals surface area contributed by atoms with Crippen LogP contribution in [-0.4, -0.2) is 51.3 Å². The number of carbonyl (C=O) groups is 2. The Bertz CT molecular complexity index is 1060. The zero-order chi connectivity index (χ0) is 22.5. The van der Waals surface area contributed by atoms with Crippen LogP contribution in [-0.2, 0) is 11.2 Å². The zero-order valence-corrected chi connectivity index (χ0v) is 18.8. The maximum absolute atomic E-state index is 13.7. The van der Waals surface area contributed by atoms with Crippen molar-refractivity contribution in [1.82, 2.24) is 14.8 Å². The van der Waals surface area contributed by atoms with Crippen LogP contribution < -0.4 is 0 Å². The zero-order valence-electron chi connectivity index (χ0n) is 18.8. The van der Waals surface area contributed by atoms with Crippen molar-refractivity contribution in [3.8, 4) is 0 Å². The summed E-state index contributed by atoms with van der Waals surface area (Å²) in [6.45, 7) is 4.51. The summed E-state index contributed by atoms with van der Waals surface area (Å²) >= 11 is 0. The first-order valence-corrected chi connectivity index (χ1v) is 11.7. The normalized spacial score (nSPS) is 29.0. The van der Waals surface area contributed by atoms with Gasteiger partial charge in [0, 0.05) is 43.1 Å². The van der Waals surface area contributed by atoms with E-state index in [-0.39, 0.29) is 41.2 Å². The molecule has 2 amide bonds. The number of halogens is 1. The predicted octanol–water partition coefficient (Wildman–Crippen LogP) is 4.21. The van der Waals surface area contributed by atoms with Gasteiger partial charge in [0.25, 0.3) is 5.91 Å². The summed E-state index contributed by atoms with van der Waals surface area (Å²) < 4.78 is 13.6. The Morgan fingerprint density at radius 3 is 2.62 bits per heavy atom. The van der Waals surface area contributed by atoms with E-state index < -0.39 is 0 Å². The van der Waals surface area contributed by atoms with Crippen LogP contribution in [0, 0.1) is 11.2 Å². The van der Waals surface area contributed by atoms with Gasteiger partial charge in [-0.2, -0.15) is 0 Å². The smallest absolute Gasteiger partial charge is 0.272 e. The van der Waals surface area contributed by atoms with Crippen LogP contribution in [0.5, 0.6) is 0 Å². The number of hydrogen-bond acceptors (Lipinski definition) is 3. The largest absolute Gasteiger partial charge is 0.335 e. The average Bonchev–Trinajstić information content (AvgIpc) is 2.87. The predicted molar refractivity (Wildman–Crippen MR) is 120 cm³/mol. The van der Waals surface area contributed by atoms with E-state index in [4.69, 9.17) is 0 Å². The molecule has 1 aliphatic carbocycles. The molecule has 0 N–H and O–H groups in total. The van der Waals surface area contributed by atoms with Crippen LogP contribution in [0.2, 0.25) is 0 Å². The number of rotatable bonds is 3. The molecule has 3 fully saturated rings. The fraction of sp³-hybridized carbons (Fsp3) is 0.500. The van der Waals surface area contributed by atoms with Crippen molar-refractivity contribution in [3.05, 3.63) is 65.2 Å². The third-order valence-electron chi connectivity index (χ3n) is 7.84. The minimum atomic E-state index is -0.273. The molecule has 0 unspecified atom stereocenters. The SMILES string of the molecule is CC(=O)N1[C@@H]2CN(C(=O)c3cccc(Cc4cccc(F)c4)n3)[C@@H]3CCCC[C@H]1[C@]3(C)C2. The van der Waals surface area contributed by atoms with E-state index in [0.717, 1.165) is 43.4 Å². The van der Waals surface area contributed by atoms with Gasteiger partial charge in [0.15, 0.2) is 0 Å². The number of pyridine rings is 1. The summed E-state index contributed by atoms with van der Waals surface area (Å²) in [5.41, 5.74) is 1.94. The number of carbonyl (C=O) groups excluding carboxylic acids is 2. The van der Waals surface area contributed by atoms with Crippen LogP contribution in [0.25, 0.3) is 0 Å². The molecule has 4 atom stereocenters. The summed E-state index contributed by atoms with van der Waals surface area (Å²) in [5, 5.41) is 0. The summed E-state index contributed by atoms with van der Waals surface area (Å²) in [4.78, 5) is 35.0. The maximum atomic E-state index is 13.7. The molecule has 1 aromatic heterocycles. The Hall–Kier alpha value is -2.76. The molecular weight excluding hydrogens is 405 g/mol. The minimum absolute atomic E-state index is 0.0573. The van der Waals surface area contributed by atoms with Crippen LogP contribution in [0.15, 0.2) is 42.5 Å². The third kappa shape index (κ3) is 3.50. The number of hydrogen-bond donors (Lipinski definition) is 0. The van der Waals surface area contributed by atoms with Gasteiger partial charge in [-0.15, -0.1) is 0 Å². The van der Waals surface area contributed by atoms with Crippen molar-refractivity contribution in [2.45, 2.75) is 70.5 Å². The second-order valence-electron chi connectivity index (χ2n) is 9.88. The molecule has 2 bridgehead atoms. The number of benzene rings is 1. The Balaban J connectivity index is 1.44. The topological polar surface area (TPSA) is 53.5 Å². The molecule has 6 heteroatoms. The van der Waals surface area contributed by atoms with Crippen LogP contribution in [0.1, 0.15) is 67.7 Å². The van der Waals surface area contributed by atoms with Gasteiger partial charge in [-0.05, 0) is 49.1 Å². The van der Waals surface area contributed by atoms with Gasteiger partial charge in [0.2, 0.25) is 5.91 Å². The highest BCUT2D eigenvalue weighted by Gasteiger charge is 2.60. The maximum Gasteiger partial charge on any atom is 0.272 e. The second kappa shape index (κ2) is 7.98. The third-order valence-corrected chi connectivity index (χ3v) is 7.84. The fourth-order valence-corrected chi connectivity index (χ4v) is 6.57. The van der Waals surface area contributed by atoms with Crippen LogP contribution in [0.4, 0.5) is 4.39 Å². The van der Waals surface area contributed by atoms with E-state index in [9.17, 15) is 14.0 Å².